The highest BCUT2D eigenvalue weighted by molar-refractivity contribution is 6.02. The molecule has 3 nitrogen and oxygen atoms in total. The number of nitrogens with two attached hydrogens (primary N) is 1. The van der Waals surface area contributed by atoms with Gasteiger partial charge >= 0.3 is 0 Å². The zero-order valence-electron chi connectivity index (χ0n) is 11.2. The van der Waals surface area contributed by atoms with Crippen molar-refractivity contribution in [2.24, 2.45) is 0 Å². The zero-order chi connectivity index (χ0) is 13.7. The van der Waals surface area contributed by atoms with E-state index >= 15 is 0 Å². The van der Waals surface area contributed by atoms with Crippen molar-refractivity contribution in [1.29, 1.82) is 0 Å². The second-order valence-corrected chi connectivity index (χ2v) is 5.54. The van der Waals surface area contributed by atoms with Crippen LogP contribution in [0, 0.1) is 0 Å². The lowest BCUT2D eigenvalue weighted by atomic mass is 9.77. The second kappa shape index (κ2) is 4.10. The predicted octanol–water partition coefficient (Wildman–Crippen LogP) is 2.50. The molecule has 1 amide bonds. The first kappa shape index (κ1) is 11.5. The smallest absolute Gasteiger partial charge is 0.234 e. The van der Waals surface area contributed by atoms with E-state index in [0.717, 1.165) is 36.3 Å². The molecule has 0 fully saturated rings. The van der Waals surface area contributed by atoms with Crippen molar-refractivity contribution in [3.05, 3.63) is 59.2 Å². The number of carbonyl (C=O) groups is 1. The Morgan fingerprint density at radius 2 is 2.00 bits per heavy atom. The van der Waals surface area contributed by atoms with Crippen LogP contribution in [0.1, 0.15) is 22.6 Å². The first-order valence-corrected chi connectivity index (χ1v) is 7.02. The number of anilines is 2. The van der Waals surface area contributed by atoms with Crippen molar-refractivity contribution >= 4 is 17.3 Å². The molecule has 0 aromatic heterocycles. The Morgan fingerprint density at radius 3 is 2.85 bits per heavy atom. The minimum atomic E-state index is 0.0265. The first-order valence-electron chi connectivity index (χ1n) is 7.02. The number of hydrogen-bond donors (Lipinski definition) is 1. The number of benzene rings is 2. The van der Waals surface area contributed by atoms with Crippen LogP contribution >= 0.6 is 0 Å². The highest BCUT2D eigenvalue weighted by Gasteiger charge is 2.37. The molecule has 0 saturated carbocycles. The summed E-state index contributed by atoms with van der Waals surface area (Å²) in [5.74, 6) is 0.242. The maximum Gasteiger partial charge on any atom is 0.234 e. The van der Waals surface area contributed by atoms with E-state index in [4.69, 9.17) is 5.73 Å². The standard InChI is InChI=1S/C17H16N2O/c18-15-6-3-7-16-13(15)8-9-19(16)17(20)14-10-11-4-1-2-5-12(11)14/h1-7,14H,8-10,18H2. The van der Waals surface area contributed by atoms with Gasteiger partial charge in [0.1, 0.15) is 0 Å². The Morgan fingerprint density at radius 1 is 1.15 bits per heavy atom. The van der Waals surface area contributed by atoms with Crippen LogP contribution in [0.2, 0.25) is 0 Å². The van der Waals surface area contributed by atoms with Crippen LogP contribution in [-0.2, 0) is 17.6 Å². The Hall–Kier alpha value is -2.29. The van der Waals surface area contributed by atoms with Gasteiger partial charge in [0.2, 0.25) is 5.91 Å². The van der Waals surface area contributed by atoms with E-state index in [1.54, 1.807) is 0 Å². The third kappa shape index (κ3) is 1.49. The minimum absolute atomic E-state index is 0.0265. The molecule has 1 aliphatic heterocycles. The molecule has 100 valence electrons. The molecule has 2 aromatic rings. The number of hydrogen-bond acceptors (Lipinski definition) is 2. The van der Waals surface area contributed by atoms with Gasteiger partial charge in [-0.15, -0.1) is 0 Å². The van der Waals surface area contributed by atoms with Gasteiger partial charge in [0.15, 0.2) is 0 Å². The van der Waals surface area contributed by atoms with Gasteiger partial charge in [-0.3, -0.25) is 4.79 Å². The van der Waals surface area contributed by atoms with Gasteiger partial charge in [-0.2, -0.15) is 0 Å². The average Bonchev–Trinajstić information content (AvgIpc) is 2.85. The lowest BCUT2D eigenvalue weighted by Gasteiger charge is -2.32. The first-order chi connectivity index (χ1) is 9.75. The van der Waals surface area contributed by atoms with Gasteiger partial charge in [-0.25, -0.2) is 0 Å². The molecular weight excluding hydrogens is 248 g/mol. The van der Waals surface area contributed by atoms with Crippen LogP contribution in [0.3, 0.4) is 0 Å². The second-order valence-electron chi connectivity index (χ2n) is 5.54. The number of carbonyl (C=O) groups excluding carboxylic acids is 1. The fourth-order valence-corrected chi connectivity index (χ4v) is 3.36. The number of nitrogen functional groups attached to an aromatic ring is 1. The molecule has 2 N–H and O–H groups in total. The molecule has 3 heteroatoms. The number of amides is 1. The van der Waals surface area contributed by atoms with Crippen LogP contribution in [0.15, 0.2) is 42.5 Å². The van der Waals surface area contributed by atoms with E-state index in [-0.39, 0.29) is 11.8 Å². The van der Waals surface area contributed by atoms with E-state index in [0.29, 0.717) is 0 Å². The van der Waals surface area contributed by atoms with Gasteiger partial charge in [0.25, 0.3) is 0 Å². The van der Waals surface area contributed by atoms with Crippen LogP contribution in [-0.4, -0.2) is 12.5 Å². The zero-order valence-corrected chi connectivity index (χ0v) is 11.2. The van der Waals surface area contributed by atoms with E-state index in [1.165, 1.54) is 11.1 Å². The Balaban J connectivity index is 1.66. The Kier molecular flexibility index (Phi) is 2.36. The quantitative estimate of drug-likeness (QED) is 0.804. The summed E-state index contributed by atoms with van der Waals surface area (Å²) < 4.78 is 0. The van der Waals surface area contributed by atoms with Gasteiger partial charge in [-0.05, 0) is 36.1 Å². The maximum absolute atomic E-state index is 12.7. The van der Waals surface area contributed by atoms with Gasteiger partial charge in [-0.1, -0.05) is 30.3 Å². The molecule has 0 saturated heterocycles. The fraction of sp³-hybridized carbons (Fsp3) is 0.235. The lowest BCUT2D eigenvalue weighted by Crippen LogP contribution is -2.38. The minimum Gasteiger partial charge on any atom is -0.398 e. The van der Waals surface area contributed by atoms with Crippen LogP contribution < -0.4 is 10.6 Å². The molecule has 1 heterocycles. The number of fused-ring (bicyclic) bond motifs is 2. The highest BCUT2D eigenvalue weighted by atomic mass is 16.2. The monoisotopic (exact) mass is 264 g/mol. The summed E-state index contributed by atoms with van der Waals surface area (Å²) in [6, 6.07) is 14.0. The van der Waals surface area contributed by atoms with E-state index in [2.05, 4.69) is 12.1 Å². The third-order valence-corrected chi connectivity index (χ3v) is 4.48. The Labute approximate surface area is 118 Å². The summed E-state index contributed by atoms with van der Waals surface area (Å²) in [4.78, 5) is 14.7. The molecular formula is C17H16N2O. The molecule has 0 spiro atoms. The molecule has 0 radical (unpaired) electrons. The van der Waals surface area contributed by atoms with Crippen LogP contribution in [0.5, 0.6) is 0 Å². The number of rotatable bonds is 1. The molecule has 1 atom stereocenters. The predicted molar refractivity (Wildman–Crippen MR) is 79.8 cm³/mol. The summed E-state index contributed by atoms with van der Waals surface area (Å²) in [6.07, 6.45) is 1.73. The van der Waals surface area contributed by atoms with E-state index in [9.17, 15) is 4.79 Å². The van der Waals surface area contributed by atoms with Gasteiger partial charge in [0, 0.05) is 23.5 Å². The van der Waals surface area contributed by atoms with Gasteiger partial charge in [0.05, 0.1) is 5.92 Å². The van der Waals surface area contributed by atoms with Crippen molar-refractivity contribution in [2.75, 3.05) is 17.2 Å². The highest BCUT2D eigenvalue weighted by Crippen LogP contribution is 2.40. The molecule has 4 rings (SSSR count). The molecule has 20 heavy (non-hydrogen) atoms. The van der Waals surface area contributed by atoms with Crippen molar-refractivity contribution in [1.82, 2.24) is 0 Å². The van der Waals surface area contributed by atoms with Crippen LogP contribution in [0.25, 0.3) is 0 Å². The Bertz CT molecular complexity index is 708. The summed E-state index contributed by atoms with van der Waals surface area (Å²) in [5, 5.41) is 0. The molecule has 1 unspecified atom stereocenters. The summed E-state index contributed by atoms with van der Waals surface area (Å²) in [5.41, 5.74) is 11.4. The normalized spacial score (nSPS) is 19.2. The van der Waals surface area contributed by atoms with Crippen molar-refractivity contribution in [3.8, 4) is 0 Å². The molecule has 2 aliphatic rings. The topological polar surface area (TPSA) is 46.3 Å². The maximum atomic E-state index is 12.7. The number of nitrogens with zero attached hydrogens (tertiary/aromatic N) is 1. The van der Waals surface area contributed by atoms with E-state index < -0.39 is 0 Å². The van der Waals surface area contributed by atoms with E-state index in [1.807, 2.05) is 35.2 Å². The SMILES string of the molecule is Nc1cccc2c1CCN2C(=O)C1Cc2ccccc21. The lowest BCUT2D eigenvalue weighted by molar-refractivity contribution is -0.120. The summed E-state index contributed by atoms with van der Waals surface area (Å²) in [7, 11) is 0. The van der Waals surface area contributed by atoms with Crippen molar-refractivity contribution < 1.29 is 4.79 Å². The third-order valence-electron chi connectivity index (χ3n) is 4.48. The average molecular weight is 264 g/mol. The molecule has 2 aromatic carbocycles. The largest absolute Gasteiger partial charge is 0.398 e. The summed E-state index contributed by atoms with van der Waals surface area (Å²) >= 11 is 0. The van der Waals surface area contributed by atoms with Crippen LogP contribution in [0.4, 0.5) is 11.4 Å². The summed E-state index contributed by atoms with van der Waals surface area (Å²) in [6.45, 7) is 0.751. The van der Waals surface area contributed by atoms with Crippen molar-refractivity contribution in [2.45, 2.75) is 18.8 Å². The fourth-order valence-electron chi connectivity index (χ4n) is 3.36. The molecule has 1 aliphatic carbocycles. The molecule has 0 bridgehead atoms. The van der Waals surface area contributed by atoms with Crippen molar-refractivity contribution in [3.63, 3.8) is 0 Å². The van der Waals surface area contributed by atoms with Gasteiger partial charge < -0.3 is 10.6 Å².